The predicted molar refractivity (Wildman–Crippen MR) is 104 cm³/mol. The number of rotatable bonds is 7. The summed E-state index contributed by atoms with van der Waals surface area (Å²) in [6.07, 6.45) is 2.41. The zero-order valence-corrected chi connectivity index (χ0v) is 17.6. The first kappa shape index (κ1) is 22.3. The standard InChI is InChI=1S/C17H23FN5O6P/c1-17(2,3)16(24)27-8-29-30(25,26)9-28-12-5-10(4-11(12)18)23-7-22-13-14(19)20-6-21-15(13)23/h4,6-7,10,12H,5,8-9H2,1-3H3,(H,25,26)(H2,19,20,21). The molecule has 0 radical (unpaired) electrons. The Morgan fingerprint density at radius 1 is 1.40 bits per heavy atom. The first-order chi connectivity index (χ1) is 14.0. The maximum absolute atomic E-state index is 14.3. The lowest BCUT2D eigenvalue weighted by molar-refractivity contribution is -0.160. The average molecular weight is 443 g/mol. The molecule has 3 rings (SSSR count). The first-order valence-electron chi connectivity index (χ1n) is 9.03. The zero-order valence-electron chi connectivity index (χ0n) is 16.7. The smallest absolute Gasteiger partial charge is 0.356 e. The summed E-state index contributed by atoms with van der Waals surface area (Å²) in [5, 5.41) is 0. The maximum Gasteiger partial charge on any atom is 0.356 e. The molecule has 1 aliphatic carbocycles. The van der Waals surface area contributed by atoms with Gasteiger partial charge in [0.05, 0.1) is 17.8 Å². The second-order valence-corrected chi connectivity index (χ2v) is 9.58. The lowest BCUT2D eigenvalue weighted by atomic mass is 9.98. The summed E-state index contributed by atoms with van der Waals surface area (Å²) in [5.41, 5.74) is 5.81. The number of esters is 1. The average Bonchev–Trinajstić information content (AvgIpc) is 3.23. The molecule has 0 amide bonds. The summed E-state index contributed by atoms with van der Waals surface area (Å²) >= 11 is 0. The van der Waals surface area contributed by atoms with Gasteiger partial charge in [-0.05, 0) is 26.8 Å². The third-order valence-corrected chi connectivity index (χ3v) is 5.34. The van der Waals surface area contributed by atoms with Gasteiger partial charge in [0.2, 0.25) is 6.79 Å². The molecule has 13 heteroatoms. The molecular formula is C17H23FN5O6P. The minimum absolute atomic E-state index is 0.153. The van der Waals surface area contributed by atoms with Gasteiger partial charge in [0.25, 0.3) is 0 Å². The molecule has 30 heavy (non-hydrogen) atoms. The van der Waals surface area contributed by atoms with E-state index in [1.54, 1.807) is 25.3 Å². The fraction of sp³-hybridized carbons (Fsp3) is 0.529. The van der Waals surface area contributed by atoms with Gasteiger partial charge in [0, 0.05) is 6.42 Å². The van der Waals surface area contributed by atoms with E-state index in [1.165, 1.54) is 18.7 Å². The highest BCUT2D eigenvalue weighted by molar-refractivity contribution is 7.52. The van der Waals surface area contributed by atoms with Crippen molar-refractivity contribution in [3.8, 4) is 0 Å². The normalized spacial score (nSPS) is 21.4. The zero-order chi connectivity index (χ0) is 22.1. The summed E-state index contributed by atoms with van der Waals surface area (Å²) in [6.45, 7) is 4.19. The van der Waals surface area contributed by atoms with E-state index in [9.17, 15) is 18.6 Å². The first-order valence-corrected chi connectivity index (χ1v) is 10.8. The van der Waals surface area contributed by atoms with Crippen molar-refractivity contribution in [1.82, 2.24) is 19.5 Å². The lowest BCUT2D eigenvalue weighted by Gasteiger charge is -2.19. The summed E-state index contributed by atoms with van der Waals surface area (Å²) in [4.78, 5) is 33.6. The number of allylic oxidation sites excluding steroid dienone is 1. The van der Waals surface area contributed by atoms with Crippen LogP contribution in [0, 0.1) is 5.41 Å². The molecule has 0 fully saturated rings. The van der Waals surface area contributed by atoms with Gasteiger partial charge in [0.15, 0.2) is 11.5 Å². The Morgan fingerprint density at radius 2 is 2.13 bits per heavy atom. The minimum Gasteiger partial charge on any atom is -0.438 e. The summed E-state index contributed by atoms with van der Waals surface area (Å²) in [7, 11) is -4.26. The third-order valence-electron chi connectivity index (χ3n) is 4.35. The molecule has 0 saturated heterocycles. The van der Waals surface area contributed by atoms with Crippen molar-refractivity contribution in [1.29, 1.82) is 0 Å². The number of carbonyl (C=O) groups is 1. The van der Waals surface area contributed by atoms with Crippen molar-refractivity contribution in [2.24, 2.45) is 5.41 Å². The molecule has 3 unspecified atom stereocenters. The Morgan fingerprint density at radius 3 is 2.83 bits per heavy atom. The number of nitrogen functional groups attached to an aromatic ring is 1. The molecule has 0 bridgehead atoms. The topological polar surface area (TPSA) is 152 Å². The van der Waals surface area contributed by atoms with Gasteiger partial charge in [-0.3, -0.25) is 13.9 Å². The molecule has 11 nitrogen and oxygen atoms in total. The number of carbonyl (C=O) groups excluding carboxylic acids is 1. The van der Waals surface area contributed by atoms with Crippen LogP contribution in [0.5, 0.6) is 0 Å². The van der Waals surface area contributed by atoms with Crippen molar-refractivity contribution < 1.29 is 32.6 Å². The van der Waals surface area contributed by atoms with Crippen molar-refractivity contribution in [3.63, 3.8) is 0 Å². The van der Waals surface area contributed by atoms with Crippen LogP contribution in [0.3, 0.4) is 0 Å². The third kappa shape index (κ3) is 5.01. The van der Waals surface area contributed by atoms with E-state index in [0.29, 0.717) is 11.2 Å². The van der Waals surface area contributed by atoms with Crippen LogP contribution in [0.4, 0.5) is 10.2 Å². The van der Waals surface area contributed by atoms with E-state index < -0.39 is 50.1 Å². The number of hydrogen-bond acceptors (Lipinski definition) is 9. The molecule has 0 aromatic carbocycles. The van der Waals surface area contributed by atoms with Crippen molar-refractivity contribution in [3.05, 3.63) is 24.6 Å². The second kappa shape index (κ2) is 8.38. The largest absolute Gasteiger partial charge is 0.438 e. The Hall–Kier alpha value is -2.40. The number of fused-ring (bicyclic) bond motifs is 1. The highest BCUT2D eigenvalue weighted by atomic mass is 31.2. The highest BCUT2D eigenvalue weighted by Gasteiger charge is 2.33. The molecule has 3 N–H and O–H groups in total. The van der Waals surface area contributed by atoms with E-state index in [0.717, 1.165) is 0 Å². The molecule has 0 saturated carbocycles. The molecule has 164 valence electrons. The number of halogens is 1. The minimum atomic E-state index is -4.26. The Balaban J connectivity index is 1.55. The van der Waals surface area contributed by atoms with Crippen molar-refractivity contribution in [2.45, 2.75) is 39.3 Å². The van der Waals surface area contributed by atoms with Crippen LogP contribution in [0.2, 0.25) is 0 Å². The maximum atomic E-state index is 14.3. The van der Waals surface area contributed by atoms with E-state index >= 15 is 0 Å². The van der Waals surface area contributed by atoms with Crippen LogP contribution in [-0.2, 0) is 23.4 Å². The van der Waals surface area contributed by atoms with E-state index in [-0.39, 0.29) is 12.2 Å². The van der Waals surface area contributed by atoms with E-state index in [4.69, 9.17) is 19.7 Å². The number of nitrogens with zero attached hydrogens (tertiary/aromatic N) is 4. The number of aromatic nitrogens is 4. The van der Waals surface area contributed by atoms with Crippen LogP contribution in [0.1, 0.15) is 33.2 Å². The number of ether oxygens (including phenoxy) is 2. The van der Waals surface area contributed by atoms with E-state index in [2.05, 4.69) is 15.0 Å². The molecule has 2 heterocycles. The van der Waals surface area contributed by atoms with Gasteiger partial charge in [-0.2, -0.15) is 0 Å². The van der Waals surface area contributed by atoms with Crippen molar-refractivity contribution in [2.75, 3.05) is 18.9 Å². The molecule has 1 aliphatic rings. The summed E-state index contributed by atoms with van der Waals surface area (Å²) in [6, 6.07) is -0.471. The molecule has 0 spiro atoms. The Labute approximate surface area is 171 Å². The molecule has 0 aliphatic heterocycles. The lowest BCUT2D eigenvalue weighted by Crippen LogP contribution is -2.24. The number of imidazole rings is 1. The summed E-state index contributed by atoms with van der Waals surface area (Å²) < 4.78 is 42.8. The van der Waals surface area contributed by atoms with Crippen LogP contribution >= 0.6 is 7.60 Å². The number of anilines is 1. The van der Waals surface area contributed by atoms with Crippen LogP contribution < -0.4 is 5.73 Å². The van der Waals surface area contributed by atoms with Gasteiger partial charge in [-0.15, -0.1) is 0 Å². The Bertz CT molecular complexity index is 1020. The van der Waals surface area contributed by atoms with Crippen LogP contribution in [-0.4, -0.2) is 49.6 Å². The fourth-order valence-corrected chi connectivity index (χ4v) is 3.41. The SMILES string of the molecule is CC(C)(C)C(=O)OCOP(=O)(O)COC1CC(n2cnc3c(N)ncnc32)C=C1F. The fourth-order valence-electron chi connectivity index (χ4n) is 2.75. The van der Waals surface area contributed by atoms with Gasteiger partial charge < -0.3 is 24.7 Å². The number of nitrogens with two attached hydrogens (primary N) is 1. The molecule has 2 aromatic heterocycles. The molecule has 3 atom stereocenters. The van der Waals surface area contributed by atoms with Gasteiger partial charge in [-0.25, -0.2) is 19.3 Å². The quantitative estimate of drug-likeness (QED) is 0.370. The second-order valence-electron chi connectivity index (χ2n) is 7.79. The van der Waals surface area contributed by atoms with Crippen molar-refractivity contribution >= 4 is 30.5 Å². The van der Waals surface area contributed by atoms with Crippen LogP contribution in [0.25, 0.3) is 11.2 Å². The van der Waals surface area contributed by atoms with Crippen LogP contribution in [0.15, 0.2) is 24.6 Å². The highest BCUT2D eigenvalue weighted by Crippen LogP contribution is 2.44. The monoisotopic (exact) mass is 443 g/mol. The number of hydrogen-bond donors (Lipinski definition) is 2. The summed E-state index contributed by atoms with van der Waals surface area (Å²) in [5.74, 6) is -0.976. The van der Waals surface area contributed by atoms with Gasteiger partial charge in [-0.1, -0.05) is 0 Å². The molecular weight excluding hydrogens is 420 g/mol. The Kier molecular flexibility index (Phi) is 6.23. The van der Waals surface area contributed by atoms with E-state index in [1.807, 2.05) is 0 Å². The van der Waals surface area contributed by atoms with Gasteiger partial charge >= 0.3 is 13.6 Å². The molecule has 2 aromatic rings. The van der Waals surface area contributed by atoms with Gasteiger partial charge in [0.1, 0.15) is 30.1 Å². The predicted octanol–water partition coefficient (Wildman–Crippen LogP) is 2.30.